The van der Waals surface area contributed by atoms with E-state index in [1.54, 1.807) is 0 Å². The molecule has 6 aromatic rings. The molecule has 0 atom stereocenters. The molecule has 0 heterocycles. The number of benzene rings is 6. The standard InChI is InChI=1S/C45H35N/c1-3-30-24-34-18-22-37(27-43(34)29(30)2)46(38-23-19-35-25-32-10-4-7-13-40(32)45(35)28-38)36-20-16-31(17-21-36)44-26-33-11-5-6-12-39(33)41-14-8-9-15-42(41)44/h3-6,8-12,14-23,26-28H,1,7,13,24-25H2,2H3. The summed E-state index contributed by atoms with van der Waals surface area (Å²) in [7, 11) is 0. The van der Waals surface area contributed by atoms with Crippen molar-refractivity contribution >= 4 is 49.8 Å². The van der Waals surface area contributed by atoms with Crippen LogP contribution in [0.3, 0.4) is 0 Å². The van der Waals surface area contributed by atoms with Gasteiger partial charge in [0.15, 0.2) is 0 Å². The minimum atomic E-state index is 0.961. The van der Waals surface area contributed by atoms with E-state index in [1.165, 1.54) is 88.6 Å². The van der Waals surface area contributed by atoms with Crippen LogP contribution in [0.2, 0.25) is 0 Å². The van der Waals surface area contributed by atoms with Gasteiger partial charge in [0.05, 0.1) is 0 Å². The smallest absolute Gasteiger partial charge is 0.0467 e. The van der Waals surface area contributed by atoms with Gasteiger partial charge in [-0.3, -0.25) is 0 Å². The molecule has 0 spiro atoms. The molecule has 3 aliphatic rings. The summed E-state index contributed by atoms with van der Waals surface area (Å²) >= 11 is 0. The van der Waals surface area contributed by atoms with Crippen molar-refractivity contribution in [3.8, 4) is 11.1 Å². The minimum absolute atomic E-state index is 0.961. The summed E-state index contributed by atoms with van der Waals surface area (Å²) in [5.74, 6) is 0. The van der Waals surface area contributed by atoms with E-state index >= 15 is 0 Å². The summed E-state index contributed by atoms with van der Waals surface area (Å²) in [6, 6.07) is 43.1. The number of fused-ring (bicyclic) bond motifs is 6. The first kappa shape index (κ1) is 27.0. The second-order valence-corrected chi connectivity index (χ2v) is 12.9. The van der Waals surface area contributed by atoms with Crippen molar-refractivity contribution in [3.63, 3.8) is 0 Å². The lowest BCUT2D eigenvalue weighted by Crippen LogP contribution is -2.11. The average molecular weight is 590 g/mol. The second kappa shape index (κ2) is 10.6. The molecule has 9 rings (SSSR count). The van der Waals surface area contributed by atoms with Crippen molar-refractivity contribution in [1.29, 1.82) is 0 Å². The highest BCUT2D eigenvalue weighted by Gasteiger charge is 2.25. The van der Waals surface area contributed by atoms with Crippen molar-refractivity contribution < 1.29 is 0 Å². The maximum absolute atomic E-state index is 4.09. The van der Waals surface area contributed by atoms with Crippen LogP contribution in [0, 0.1) is 0 Å². The maximum Gasteiger partial charge on any atom is 0.0467 e. The van der Waals surface area contributed by atoms with Crippen LogP contribution in [0.5, 0.6) is 0 Å². The van der Waals surface area contributed by atoms with Crippen LogP contribution in [-0.4, -0.2) is 0 Å². The third kappa shape index (κ3) is 4.23. The monoisotopic (exact) mass is 589 g/mol. The van der Waals surface area contributed by atoms with Gasteiger partial charge in [-0.2, -0.15) is 0 Å². The topological polar surface area (TPSA) is 3.24 Å². The quantitative estimate of drug-likeness (QED) is 0.181. The zero-order chi connectivity index (χ0) is 30.8. The van der Waals surface area contributed by atoms with E-state index in [0.29, 0.717) is 0 Å². The normalized spacial score (nSPS) is 15.0. The van der Waals surface area contributed by atoms with Crippen molar-refractivity contribution in [2.24, 2.45) is 0 Å². The van der Waals surface area contributed by atoms with Crippen molar-refractivity contribution in [2.75, 3.05) is 4.90 Å². The molecule has 0 saturated heterocycles. The molecular formula is C45H35N. The van der Waals surface area contributed by atoms with Crippen LogP contribution in [-0.2, 0) is 12.8 Å². The third-order valence-corrected chi connectivity index (χ3v) is 10.4. The predicted molar refractivity (Wildman–Crippen MR) is 197 cm³/mol. The van der Waals surface area contributed by atoms with Gasteiger partial charge in [-0.1, -0.05) is 97.6 Å². The molecular weight excluding hydrogens is 555 g/mol. The van der Waals surface area contributed by atoms with E-state index in [2.05, 4.69) is 146 Å². The number of anilines is 3. The number of nitrogens with zero attached hydrogens (tertiary/aromatic N) is 1. The van der Waals surface area contributed by atoms with E-state index in [0.717, 1.165) is 31.4 Å². The third-order valence-electron chi connectivity index (χ3n) is 10.4. The Kier molecular flexibility index (Phi) is 6.21. The van der Waals surface area contributed by atoms with Crippen LogP contribution in [0.25, 0.3) is 43.8 Å². The van der Waals surface area contributed by atoms with Crippen LogP contribution >= 0.6 is 0 Å². The molecule has 1 nitrogen and oxygen atoms in total. The Hall–Kier alpha value is -5.40. The first-order valence-electron chi connectivity index (χ1n) is 16.4. The fraction of sp³-hybridized carbons (Fsp3) is 0.111. The molecule has 46 heavy (non-hydrogen) atoms. The molecule has 0 radical (unpaired) electrons. The van der Waals surface area contributed by atoms with Crippen LogP contribution in [0.4, 0.5) is 17.1 Å². The average Bonchev–Trinajstić information content (AvgIpc) is 3.65. The Morgan fingerprint density at radius 1 is 0.630 bits per heavy atom. The fourth-order valence-electron chi connectivity index (χ4n) is 8.00. The van der Waals surface area contributed by atoms with Crippen LogP contribution in [0.1, 0.15) is 42.0 Å². The van der Waals surface area contributed by atoms with Gasteiger partial charge in [0.2, 0.25) is 0 Å². The van der Waals surface area contributed by atoms with E-state index in [1.807, 2.05) is 6.08 Å². The molecule has 220 valence electrons. The Labute approximate surface area is 271 Å². The van der Waals surface area contributed by atoms with E-state index in [9.17, 15) is 0 Å². The summed E-state index contributed by atoms with van der Waals surface area (Å²) in [5.41, 5.74) is 17.3. The molecule has 0 aromatic heterocycles. The Balaban J connectivity index is 1.19. The van der Waals surface area contributed by atoms with E-state index in [-0.39, 0.29) is 0 Å². The molecule has 0 N–H and O–H groups in total. The molecule has 6 aromatic carbocycles. The van der Waals surface area contributed by atoms with Crippen LogP contribution < -0.4 is 4.90 Å². The molecule has 0 unspecified atom stereocenters. The lowest BCUT2D eigenvalue weighted by Gasteiger charge is -2.27. The van der Waals surface area contributed by atoms with E-state index < -0.39 is 0 Å². The SMILES string of the molecule is C=CC1=C(C)c2cc(N(c3ccc(-c4cc5ccccc5c5ccccc45)cc3)c3ccc4c(c3)C3=C(C=CCC3)C4)ccc2C1. The van der Waals surface area contributed by atoms with Gasteiger partial charge in [-0.25, -0.2) is 0 Å². The fourth-order valence-corrected chi connectivity index (χ4v) is 8.00. The Morgan fingerprint density at radius 2 is 1.30 bits per heavy atom. The van der Waals surface area contributed by atoms with Gasteiger partial charge in [0, 0.05) is 17.1 Å². The maximum atomic E-state index is 4.09. The summed E-state index contributed by atoms with van der Waals surface area (Å²) in [6.45, 7) is 6.32. The second-order valence-electron chi connectivity index (χ2n) is 12.9. The molecule has 0 saturated carbocycles. The molecule has 0 fully saturated rings. The number of hydrogen-bond donors (Lipinski definition) is 0. The number of hydrogen-bond acceptors (Lipinski definition) is 1. The predicted octanol–water partition coefficient (Wildman–Crippen LogP) is 12.3. The van der Waals surface area contributed by atoms with Crippen molar-refractivity contribution in [1.82, 2.24) is 0 Å². The highest BCUT2D eigenvalue weighted by molar-refractivity contribution is 6.13. The molecule has 0 aliphatic heterocycles. The molecule has 0 bridgehead atoms. The highest BCUT2D eigenvalue weighted by atomic mass is 15.1. The number of rotatable bonds is 5. The lowest BCUT2D eigenvalue weighted by molar-refractivity contribution is 1.04. The molecule has 0 amide bonds. The first-order valence-corrected chi connectivity index (χ1v) is 16.4. The Bertz CT molecular complexity index is 2330. The van der Waals surface area contributed by atoms with Gasteiger partial charge >= 0.3 is 0 Å². The highest BCUT2D eigenvalue weighted by Crippen LogP contribution is 2.45. The van der Waals surface area contributed by atoms with Crippen molar-refractivity contribution in [3.05, 3.63) is 173 Å². The number of allylic oxidation sites excluding steroid dienone is 7. The lowest BCUT2D eigenvalue weighted by atomic mass is 9.93. The molecule has 3 aliphatic carbocycles. The summed E-state index contributed by atoms with van der Waals surface area (Å²) in [5, 5.41) is 5.15. The zero-order valence-corrected chi connectivity index (χ0v) is 26.2. The summed E-state index contributed by atoms with van der Waals surface area (Å²) in [4.78, 5) is 2.44. The largest absolute Gasteiger partial charge is 0.310 e. The Morgan fingerprint density at radius 3 is 2.09 bits per heavy atom. The van der Waals surface area contributed by atoms with Gasteiger partial charge in [-0.15, -0.1) is 0 Å². The van der Waals surface area contributed by atoms with E-state index in [4.69, 9.17) is 0 Å². The van der Waals surface area contributed by atoms with Gasteiger partial charge in [0.25, 0.3) is 0 Å². The zero-order valence-electron chi connectivity index (χ0n) is 26.2. The summed E-state index contributed by atoms with van der Waals surface area (Å²) < 4.78 is 0. The van der Waals surface area contributed by atoms with Gasteiger partial charge in [0.1, 0.15) is 0 Å². The summed E-state index contributed by atoms with van der Waals surface area (Å²) in [6.07, 6.45) is 11.0. The molecule has 1 heteroatoms. The van der Waals surface area contributed by atoms with Crippen LogP contribution in [0.15, 0.2) is 151 Å². The van der Waals surface area contributed by atoms with Crippen molar-refractivity contribution in [2.45, 2.75) is 32.6 Å². The van der Waals surface area contributed by atoms with Gasteiger partial charge in [-0.05, 0) is 152 Å². The minimum Gasteiger partial charge on any atom is -0.310 e. The van der Waals surface area contributed by atoms with Gasteiger partial charge < -0.3 is 4.90 Å². The first-order chi connectivity index (χ1) is 22.7.